The maximum absolute atomic E-state index is 13.1. The predicted octanol–water partition coefficient (Wildman–Crippen LogP) is 2.89. The number of nitrogens with one attached hydrogen (secondary N) is 2. The van der Waals surface area contributed by atoms with Gasteiger partial charge in [-0.1, -0.05) is 12.1 Å². The van der Waals surface area contributed by atoms with Gasteiger partial charge in [0.2, 0.25) is 0 Å². The minimum Gasteiger partial charge on any atom is -0.357 e. The molecule has 118 valence electrons. The number of guanidine groups is 1. The fourth-order valence-electron chi connectivity index (χ4n) is 1.95. The molecule has 0 aliphatic heterocycles. The van der Waals surface area contributed by atoms with Crippen molar-refractivity contribution in [3.05, 3.63) is 51.7 Å². The zero-order chi connectivity index (χ0) is 15.8. The summed E-state index contributed by atoms with van der Waals surface area (Å²) in [5.74, 6) is 0.504. The molecule has 0 saturated carbocycles. The van der Waals surface area contributed by atoms with E-state index in [-0.39, 0.29) is 5.82 Å². The van der Waals surface area contributed by atoms with Crippen molar-refractivity contribution >= 4 is 17.3 Å². The number of rotatable bonds is 6. The van der Waals surface area contributed by atoms with Gasteiger partial charge < -0.3 is 10.6 Å². The Bertz CT molecular complexity index is 624. The van der Waals surface area contributed by atoms with Crippen LogP contribution in [0.5, 0.6) is 0 Å². The van der Waals surface area contributed by atoms with Crippen molar-refractivity contribution in [1.29, 1.82) is 0 Å². The Labute approximate surface area is 134 Å². The summed E-state index contributed by atoms with van der Waals surface area (Å²) in [6, 6.07) is 6.51. The van der Waals surface area contributed by atoms with Gasteiger partial charge in [-0.25, -0.2) is 14.4 Å². The zero-order valence-electron chi connectivity index (χ0n) is 12.9. The van der Waals surface area contributed by atoms with Gasteiger partial charge in [0.25, 0.3) is 0 Å². The maximum Gasteiger partial charge on any atom is 0.191 e. The van der Waals surface area contributed by atoms with Crippen LogP contribution in [0.15, 0.2) is 35.5 Å². The van der Waals surface area contributed by atoms with Crippen molar-refractivity contribution in [3.63, 3.8) is 0 Å². The third kappa shape index (κ3) is 5.44. The summed E-state index contributed by atoms with van der Waals surface area (Å²) in [5, 5.41) is 7.58. The first-order valence-corrected chi connectivity index (χ1v) is 8.17. The van der Waals surface area contributed by atoms with Crippen molar-refractivity contribution in [3.8, 4) is 0 Å². The average molecular weight is 320 g/mol. The molecule has 0 saturated heterocycles. The summed E-state index contributed by atoms with van der Waals surface area (Å²) in [6.45, 7) is 6.07. The van der Waals surface area contributed by atoms with Crippen molar-refractivity contribution in [2.45, 2.75) is 26.8 Å². The van der Waals surface area contributed by atoms with Crippen molar-refractivity contribution in [1.82, 2.24) is 15.6 Å². The molecule has 2 rings (SSSR count). The van der Waals surface area contributed by atoms with Crippen LogP contribution in [0.1, 0.15) is 22.4 Å². The Morgan fingerprint density at radius 1 is 1.36 bits per heavy atom. The molecule has 0 aliphatic rings. The van der Waals surface area contributed by atoms with Crippen molar-refractivity contribution in [2.75, 3.05) is 13.1 Å². The molecule has 0 spiro atoms. The second kappa shape index (κ2) is 8.48. The van der Waals surface area contributed by atoms with E-state index in [0.717, 1.165) is 36.0 Å². The number of hydrogen-bond donors (Lipinski definition) is 2. The van der Waals surface area contributed by atoms with Crippen molar-refractivity contribution < 1.29 is 4.39 Å². The first-order chi connectivity index (χ1) is 10.7. The van der Waals surface area contributed by atoms with E-state index in [1.807, 2.05) is 19.2 Å². The van der Waals surface area contributed by atoms with Gasteiger partial charge in [-0.3, -0.25) is 0 Å². The fourth-order valence-corrected chi connectivity index (χ4v) is 2.74. The molecule has 0 fully saturated rings. The summed E-state index contributed by atoms with van der Waals surface area (Å²) in [4.78, 5) is 10.0. The van der Waals surface area contributed by atoms with Gasteiger partial charge in [0.1, 0.15) is 5.82 Å². The predicted molar refractivity (Wildman–Crippen MR) is 89.8 cm³/mol. The lowest BCUT2D eigenvalue weighted by Gasteiger charge is -2.10. The van der Waals surface area contributed by atoms with Crippen LogP contribution in [-0.2, 0) is 13.0 Å². The van der Waals surface area contributed by atoms with Crippen LogP contribution in [0.3, 0.4) is 0 Å². The first kappa shape index (κ1) is 16.4. The molecule has 0 atom stereocenters. The van der Waals surface area contributed by atoms with Crippen LogP contribution in [0.4, 0.5) is 4.39 Å². The molecule has 22 heavy (non-hydrogen) atoms. The minimum atomic E-state index is -0.232. The molecule has 6 heteroatoms. The number of thiazole rings is 1. The third-order valence-electron chi connectivity index (χ3n) is 2.95. The lowest BCUT2D eigenvalue weighted by molar-refractivity contribution is 0.625. The standard InChI is InChI=1S/C16H21FN4S/c1-3-18-16(19-8-7-15-20-10-12(2)22-15)21-11-13-5-4-6-14(17)9-13/h4-6,9-10H,3,7-8,11H2,1-2H3,(H2,18,19,21). The molecular weight excluding hydrogens is 299 g/mol. The Kier molecular flexibility index (Phi) is 6.33. The number of nitrogens with zero attached hydrogens (tertiary/aromatic N) is 2. The van der Waals surface area contributed by atoms with E-state index >= 15 is 0 Å². The quantitative estimate of drug-likeness (QED) is 0.635. The summed E-state index contributed by atoms with van der Waals surface area (Å²) in [6.07, 6.45) is 2.76. The molecule has 0 radical (unpaired) electrons. The zero-order valence-corrected chi connectivity index (χ0v) is 13.7. The summed E-state index contributed by atoms with van der Waals surface area (Å²) in [5.41, 5.74) is 0.854. The summed E-state index contributed by atoms with van der Waals surface area (Å²) in [7, 11) is 0. The van der Waals surface area contributed by atoms with Gasteiger partial charge in [-0.2, -0.15) is 0 Å². The molecule has 0 unspecified atom stereocenters. The Morgan fingerprint density at radius 2 is 2.23 bits per heavy atom. The summed E-state index contributed by atoms with van der Waals surface area (Å²) >= 11 is 1.71. The highest BCUT2D eigenvalue weighted by molar-refractivity contribution is 7.11. The highest BCUT2D eigenvalue weighted by Crippen LogP contribution is 2.10. The minimum absolute atomic E-state index is 0.232. The van der Waals surface area contributed by atoms with Gasteiger partial charge in [0.15, 0.2) is 5.96 Å². The largest absolute Gasteiger partial charge is 0.357 e. The highest BCUT2D eigenvalue weighted by Gasteiger charge is 2.01. The van der Waals surface area contributed by atoms with E-state index in [0.29, 0.717) is 6.54 Å². The number of aromatic nitrogens is 1. The Morgan fingerprint density at radius 3 is 2.91 bits per heavy atom. The van der Waals surface area contributed by atoms with E-state index in [1.54, 1.807) is 17.4 Å². The molecule has 1 heterocycles. The molecule has 0 amide bonds. The normalized spacial score (nSPS) is 11.5. The first-order valence-electron chi connectivity index (χ1n) is 7.35. The molecule has 1 aromatic heterocycles. The van der Waals surface area contributed by atoms with E-state index in [9.17, 15) is 4.39 Å². The molecule has 1 aromatic carbocycles. The second-order valence-corrected chi connectivity index (χ2v) is 6.19. The molecule has 0 aliphatic carbocycles. The maximum atomic E-state index is 13.1. The average Bonchev–Trinajstić information content (AvgIpc) is 2.90. The molecular formula is C16H21FN4S. The third-order valence-corrected chi connectivity index (χ3v) is 3.93. The molecule has 4 nitrogen and oxygen atoms in total. The Balaban J connectivity index is 1.86. The number of aryl methyl sites for hydroxylation is 1. The van der Waals surface area contributed by atoms with Gasteiger partial charge in [0.05, 0.1) is 11.6 Å². The van der Waals surface area contributed by atoms with E-state index in [4.69, 9.17) is 0 Å². The Hall–Kier alpha value is -1.95. The lowest BCUT2D eigenvalue weighted by Crippen LogP contribution is -2.38. The van der Waals surface area contributed by atoms with E-state index in [1.165, 1.54) is 17.0 Å². The highest BCUT2D eigenvalue weighted by atomic mass is 32.1. The number of aliphatic imine (C=N–C) groups is 1. The smallest absolute Gasteiger partial charge is 0.191 e. The SMILES string of the molecule is CCNC(=NCc1cccc(F)c1)NCCc1ncc(C)s1. The van der Waals surface area contributed by atoms with Crippen LogP contribution in [0.25, 0.3) is 0 Å². The van der Waals surface area contributed by atoms with Crippen LogP contribution >= 0.6 is 11.3 Å². The molecule has 0 bridgehead atoms. The van der Waals surface area contributed by atoms with Gasteiger partial charge in [0, 0.05) is 30.6 Å². The lowest BCUT2D eigenvalue weighted by atomic mass is 10.2. The number of halogens is 1. The number of benzene rings is 1. The summed E-state index contributed by atoms with van der Waals surface area (Å²) < 4.78 is 13.1. The van der Waals surface area contributed by atoms with E-state index < -0.39 is 0 Å². The van der Waals surface area contributed by atoms with Crippen molar-refractivity contribution in [2.24, 2.45) is 4.99 Å². The van der Waals surface area contributed by atoms with Crippen LogP contribution in [-0.4, -0.2) is 24.0 Å². The van der Waals surface area contributed by atoms with Gasteiger partial charge in [-0.15, -0.1) is 11.3 Å². The second-order valence-electron chi connectivity index (χ2n) is 4.87. The monoisotopic (exact) mass is 320 g/mol. The van der Waals surface area contributed by atoms with Crippen LogP contribution in [0, 0.1) is 12.7 Å². The van der Waals surface area contributed by atoms with Crippen LogP contribution < -0.4 is 10.6 Å². The van der Waals surface area contributed by atoms with Gasteiger partial charge >= 0.3 is 0 Å². The van der Waals surface area contributed by atoms with E-state index in [2.05, 4.69) is 27.5 Å². The molecule has 2 aromatic rings. The van der Waals surface area contributed by atoms with Gasteiger partial charge in [-0.05, 0) is 31.5 Å². The van der Waals surface area contributed by atoms with Crippen LogP contribution in [0.2, 0.25) is 0 Å². The fraction of sp³-hybridized carbons (Fsp3) is 0.375. The topological polar surface area (TPSA) is 49.3 Å². The molecule has 2 N–H and O–H groups in total. The number of hydrogen-bond acceptors (Lipinski definition) is 3.